The fraction of sp³-hybridized carbons (Fsp3) is 0.212. The molecule has 1 amide bonds. The van der Waals surface area contributed by atoms with Crippen molar-refractivity contribution >= 4 is 50.5 Å². The van der Waals surface area contributed by atoms with Crippen LogP contribution in [0.25, 0.3) is 20.8 Å². The van der Waals surface area contributed by atoms with Crippen LogP contribution in [0.3, 0.4) is 0 Å². The topological polar surface area (TPSA) is 84.3 Å². The molecule has 0 saturated carbocycles. The molecule has 1 fully saturated rings. The van der Waals surface area contributed by atoms with E-state index in [4.69, 9.17) is 23.4 Å². The average Bonchev–Trinajstić information content (AvgIpc) is 3.79. The van der Waals surface area contributed by atoms with Gasteiger partial charge in [-0.05, 0) is 68.0 Å². The summed E-state index contributed by atoms with van der Waals surface area (Å²) in [5.74, 6) is 2.18. The molecule has 3 aromatic heterocycles. The molecule has 0 atom stereocenters. The molecule has 44 heavy (non-hydrogen) atoms. The van der Waals surface area contributed by atoms with Gasteiger partial charge < -0.3 is 24.8 Å². The standard InChI is InChI=1S/C33H29FN6O2S2/c1-2-22-7-3-4-8-23(22)17-31(41)38-33(43)37-24-9-10-28(25(34)18-24)42-29-11-12-35-26-19-30(44-32(26)29)27-20-40(21-36-27)16-15-39-13-5-6-14-39/h1,3-4,7-12,18-21H,5-6,13-17H2,(H2,37,38,41,43). The van der Waals surface area contributed by atoms with Crippen molar-refractivity contribution in [1.29, 1.82) is 0 Å². The number of terminal acetylenes is 1. The lowest BCUT2D eigenvalue weighted by Crippen LogP contribution is -2.35. The van der Waals surface area contributed by atoms with E-state index in [1.807, 2.05) is 24.5 Å². The second-order valence-electron chi connectivity index (χ2n) is 10.4. The number of carbonyl (C=O) groups excluding carboxylic acids is 1. The highest BCUT2D eigenvalue weighted by atomic mass is 32.1. The lowest BCUT2D eigenvalue weighted by Gasteiger charge is -2.14. The minimum Gasteiger partial charge on any atom is -0.453 e. The number of ether oxygens (including phenoxy) is 1. The lowest BCUT2D eigenvalue weighted by atomic mass is 10.1. The van der Waals surface area contributed by atoms with Crippen molar-refractivity contribution in [2.75, 3.05) is 25.0 Å². The maximum absolute atomic E-state index is 15.1. The number of hydrogen-bond donors (Lipinski definition) is 2. The van der Waals surface area contributed by atoms with E-state index in [1.165, 1.54) is 49.4 Å². The molecule has 0 radical (unpaired) electrons. The van der Waals surface area contributed by atoms with Crippen LogP contribution in [0.15, 0.2) is 73.3 Å². The minimum atomic E-state index is -0.592. The first-order chi connectivity index (χ1) is 21.4. The van der Waals surface area contributed by atoms with Crippen molar-refractivity contribution < 1.29 is 13.9 Å². The summed E-state index contributed by atoms with van der Waals surface area (Å²) in [4.78, 5) is 25.0. The van der Waals surface area contributed by atoms with Gasteiger partial charge in [0, 0.05) is 48.9 Å². The highest BCUT2D eigenvalue weighted by molar-refractivity contribution is 7.80. The quantitative estimate of drug-likeness (QED) is 0.149. The molecule has 11 heteroatoms. The smallest absolute Gasteiger partial charge is 0.230 e. The zero-order valence-corrected chi connectivity index (χ0v) is 25.4. The molecule has 6 rings (SSSR count). The molecule has 222 valence electrons. The normalized spacial score (nSPS) is 13.1. The second-order valence-corrected chi connectivity index (χ2v) is 11.9. The van der Waals surface area contributed by atoms with Crippen molar-refractivity contribution in [3.8, 4) is 34.4 Å². The molecule has 0 aliphatic carbocycles. The zero-order valence-electron chi connectivity index (χ0n) is 23.8. The number of fused-ring (bicyclic) bond motifs is 1. The molecule has 1 saturated heterocycles. The predicted octanol–water partition coefficient (Wildman–Crippen LogP) is 6.22. The number of imidazole rings is 1. The van der Waals surface area contributed by atoms with Crippen LogP contribution in [0.1, 0.15) is 24.0 Å². The van der Waals surface area contributed by atoms with Crippen LogP contribution in [-0.2, 0) is 17.8 Å². The third-order valence-corrected chi connectivity index (χ3v) is 8.69. The summed E-state index contributed by atoms with van der Waals surface area (Å²) >= 11 is 6.76. The van der Waals surface area contributed by atoms with E-state index in [-0.39, 0.29) is 23.2 Å². The van der Waals surface area contributed by atoms with E-state index in [0.717, 1.165) is 33.9 Å². The van der Waals surface area contributed by atoms with Gasteiger partial charge in [-0.2, -0.15) is 0 Å². The number of rotatable bonds is 9. The summed E-state index contributed by atoms with van der Waals surface area (Å²) in [6, 6.07) is 15.3. The molecule has 1 aliphatic rings. The largest absolute Gasteiger partial charge is 0.453 e. The number of halogens is 1. The summed E-state index contributed by atoms with van der Waals surface area (Å²) in [6.07, 6.45) is 13.7. The minimum absolute atomic E-state index is 0.0432. The van der Waals surface area contributed by atoms with Crippen LogP contribution in [0.2, 0.25) is 0 Å². The number of amides is 1. The molecule has 4 heterocycles. The van der Waals surface area contributed by atoms with Gasteiger partial charge in [-0.1, -0.05) is 24.1 Å². The van der Waals surface area contributed by atoms with Crippen molar-refractivity contribution in [2.45, 2.75) is 25.8 Å². The SMILES string of the molecule is C#Cc1ccccc1CC(=O)NC(=S)Nc1ccc(Oc2ccnc3cc(-c4cn(CCN5CCCC5)cn4)sc23)c(F)c1. The van der Waals surface area contributed by atoms with Crippen molar-refractivity contribution in [2.24, 2.45) is 0 Å². The zero-order chi connectivity index (χ0) is 30.5. The molecule has 8 nitrogen and oxygen atoms in total. The number of hydrogen-bond acceptors (Lipinski definition) is 7. The number of nitrogens with zero attached hydrogens (tertiary/aromatic N) is 4. The van der Waals surface area contributed by atoms with Crippen LogP contribution >= 0.6 is 23.6 Å². The van der Waals surface area contributed by atoms with Crippen LogP contribution < -0.4 is 15.4 Å². The number of thiophene rings is 1. The summed E-state index contributed by atoms with van der Waals surface area (Å²) in [7, 11) is 0. The third-order valence-electron chi connectivity index (χ3n) is 7.32. The summed E-state index contributed by atoms with van der Waals surface area (Å²) in [6.45, 7) is 4.25. The van der Waals surface area contributed by atoms with E-state index in [1.54, 1.807) is 30.5 Å². The Morgan fingerprint density at radius 3 is 2.75 bits per heavy atom. The van der Waals surface area contributed by atoms with Crippen molar-refractivity contribution in [3.63, 3.8) is 0 Å². The fourth-order valence-electron chi connectivity index (χ4n) is 5.10. The van der Waals surface area contributed by atoms with E-state index < -0.39 is 5.82 Å². The predicted molar refractivity (Wildman–Crippen MR) is 175 cm³/mol. The first-order valence-corrected chi connectivity index (χ1v) is 15.4. The Morgan fingerprint density at radius 1 is 1.09 bits per heavy atom. The summed E-state index contributed by atoms with van der Waals surface area (Å²) in [5.41, 5.74) is 3.34. The Balaban J connectivity index is 1.09. The maximum atomic E-state index is 15.1. The molecule has 5 aromatic rings. The van der Waals surface area contributed by atoms with Gasteiger partial charge in [0.25, 0.3) is 0 Å². The van der Waals surface area contributed by atoms with E-state index in [2.05, 4.69) is 42.2 Å². The van der Waals surface area contributed by atoms with Gasteiger partial charge in [-0.25, -0.2) is 9.37 Å². The van der Waals surface area contributed by atoms with Gasteiger partial charge in [0.1, 0.15) is 5.75 Å². The first-order valence-electron chi connectivity index (χ1n) is 14.2. The van der Waals surface area contributed by atoms with E-state index in [9.17, 15) is 4.79 Å². The van der Waals surface area contributed by atoms with Gasteiger partial charge in [0.15, 0.2) is 16.7 Å². The third kappa shape index (κ3) is 6.94. The molecule has 0 bridgehead atoms. The number of pyridine rings is 1. The van der Waals surface area contributed by atoms with Gasteiger partial charge >= 0.3 is 0 Å². The highest BCUT2D eigenvalue weighted by Crippen LogP contribution is 2.39. The number of aromatic nitrogens is 3. The first kappa shape index (κ1) is 29.4. The number of carbonyl (C=O) groups is 1. The maximum Gasteiger partial charge on any atom is 0.230 e. The number of anilines is 1. The monoisotopic (exact) mass is 624 g/mol. The average molecular weight is 625 g/mol. The van der Waals surface area contributed by atoms with Crippen LogP contribution in [0, 0.1) is 18.2 Å². The molecule has 2 aromatic carbocycles. The molecule has 1 aliphatic heterocycles. The molecule has 0 spiro atoms. The Hall–Kier alpha value is -4.63. The number of benzene rings is 2. The second kappa shape index (κ2) is 13.3. The fourth-order valence-corrected chi connectivity index (χ4v) is 6.35. The van der Waals surface area contributed by atoms with E-state index in [0.29, 0.717) is 22.6 Å². The van der Waals surface area contributed by atoms with E-state index >= 15 is 4.39 Å². The van der Waals surface area contributed by atoms with Crippen molar-refractivity contribution in [3.05, 3.63) is 90.3 Å². The molecule has 0 unspecified atom stereocenters. The number of nitrogens with one attached hydrogen (secondary N) is 2. The van der Waals surface area contributed by atoms with Gasteiger partial charge in [-0.15, -0.1) is 17.8 Å². The summed E-state index contributed by atoms with van der Waals surface area (Å²) < 4.78 is 24.0. The van der Waals surface area contributed by atoms with Crippen LogP contribution in [0.5, 0.6) is 11.5 Å². The Labute approximate surface area is 263 Å². The van der Waals surface area contributed by atoms with Gasteiger partial charge in [0.2, 0.25) is 5.91 Å². The molecular weight excluding hydrogens is 596 g/mol. The number of likely N-dealkylation sites (tertiary alicyclic amines) is 1. The van der Waals surface area contributed by atoms with Gasteiger partial charge in [0.05, 0.1) is 33.5 Å². The Bertz CT molecular complexity index is 1870. The van der Waals surface area contributed by atoms with Gasteiger partial charge in [-0.3, -0.25) is 9.78 Å². The Morgan fingerprint density at radius 2 is 1.93 bits per heavy atom. The molecule has 2 N–H and O–H groups in total. The highest BCUT2D eigenvalue weighted by Gasteiger charge is 2.16. The lowest BCUT2D eigenvalue weighted by molar-refractivity contribution is -0.119. The van der Waals surface area contributed by atoms with Crippen molar-refractivity contribution in [1.82, 2.24) is 24.8 Å². The summed E-state index contributed by atoms with van der Waals surface area (Å²) in [5, 5.41) is 5.49. The Kier molecular flexibility index (Phi) is 8.93. The van der Waals surface area contributed by atoms with Crippen LogP contribution in [0.4, 0.5) is 10.1 Å². The number of thiocarbonyl (C=S) groups is 1. The molecular formula is C33H29FN6O2S2. The van der Waals surface area contributed by atoms with Crippen LogP contribution in [-0.4, -0.2) is 50.1 Å².